The number of amides is 2. The third kappa shape index (κ3) is 6.17. The van der Waals surface area contributed by atoms with Crippen LogP contribution < -0.4 is 16.4 Å². The van der Waals surface area contributed by atoms with Gasteiger partial charge in [0, 0.05) is 12.5 Å². The molecule has 0 spiro atoms. The third-order valence-electron chi connectivity index (χ3n) is 5.63. The van der Waals surface area contributed by atoms with Gasteiger partial charge in [-0.05, 0) is 51.2 Å². The highest BCUT2D eigenvalue weighted by Crippen LogP contribution is 2.46. The first-order valence-electron chi connectivity index (χ1n) is 10.8. The first kappa shape index (κ1) is 24.1. The average molecular weight is 439 g/mol. The van der Waals surface area contributed by atoms with Crippen LogP contribution in [-0.2, 0) is 19.1 Å². The van der Waals surface area contributed by atoms with E-state index in [4.69, 9.17) is 22.7 Å². The maximum Gasteiger partial charge on any atom is 0.332 e. The second-order valence-corrected chi connectivity index (χ2v) is 8.32. The predicted molar refractivity (Wildman–Crippen MR) is 118 cm³/mol. The Kier molecular flexibility index (Phi) is 9.08. The number of rotatable bonds is 11. The smallest absolute Gasteiger partial charge is 0.332 e. The summed E-state index contributed by atoms with van der Waals surface area (Å²) in [6.07, 6.45) is 10.3. The molecular formula is C21H34N4O4S. The van der Waals surface area contributed by atoms with Crippen LogP contribution in [0.4, 0.5) is 0 Å². The molecule has 8 nitrogen and oxygen atoms in total. The highest BCUT2D eigenvalue weighted by molar-refractivity contribution is 7.80. The molecule has 0 aromatic heterocycles. The van der Waals surface area contributed by atoms with E-state index in [-0.39, 0.29) is 36.0 Å². The zero-order valence-electron chi connectivity index (χ0n) is 17.9. The highest BCUT2D eigenvalue weighted by atomic mass is 32.1. The maximum absolute atomic E-state index is 13.0. The van der Waals surface area contributed by atoms with Crippen molar-refractivity contribution in [3.8, 4) is 0 Å². The minimum absolute atomic E-state index is 0.0383. The Morgan fingerprint density at radius 2 is 2.07 bits per heavy atom. The van der Waals surface area contributed by atoms with Crippen molar-refractivity contribution in [2.45, 2.75) is 70.4 Å². The van der Waals surface area contributed by atoms with E-state index < -0.39 is 17.6 Å². The lowest BCUT2D eigenvalue weighted by molar-refractivity contribution is -0.150. The number of likely N-dealkylation sites (tertiary alicyclic amines) is 1. The molecule has 4 N–H and O–H groups in total. The summed E-state index contributed by atoms with van der Waals surface area (Å²) in [6, 6.07) is -0.605. The Labute approximate surface area is 183 Å². The quantitative estimate of drug-likeness (QED) is 0.193. The Bertz CT molecular complexity index is 684. The molecule has 1 saturated carbocycles. The van der Waals surface area contributed by atoms with E-state index in [1.54, 1.807) is 6.92 Å². The van der Waals surface area contributed by atoms with Crippen molar-refractivity contribution in [3.05, 3.63) is 12.2 Å². The van der Waals surface area contributed by atoms with Crippen molar-refractivity contribution >= 4 is 35.1 Å². The first-order valence-corrected chi connectivity index (χ1v) is 11.2. The van der Waals surface area contributed by atoms with Crippen LogP contribution in [0.5, 0.6) is 0 Å². The summed E-state index contributed by atoms with van der Waals surface area (Å²) in [5, 5.41) is 5.58. The van der Waals surface area contributed by atoms with E-state index in [1.807, 2.05) is 6.08 Å². The van der Waals surface area contributed by atoms with Gasteiger partial charge in [-0.15, -0.1) is 0 Å². The van der Waals surface area contributed by atoms with Crippen molar-refractivity contribution in [1.82, 2.24) is 15.5 Å². The summed E-state index contributed by atoms with van der Waals surface area (Å²) in [4.78, 5) is 39.6. The minimum Gasteiger partial charge on any atom is -0.464 e. The lowest BCUT2D eigenvalue weighted by Crippen LogP contribution is -2.54. The predicted octanol–water partition coefficient (Wildman–Crippen LogP) is 1.39. The zero-order valence-corrected chi connectivity index (χ0v) is 18.8. The molecule has 2 fully saturated rings. The molecule has 0 aromatic carbocycles. The maximum atomic E-state index is 13.0. The van der Waals surface area contributed by atoms with Crippen LogP contribution in [-0.4, -0.2) is 59.1 Å². The molecule has 1 heterocycles. The van der Waals surface area contributed by atoms with Gasteiger partial charge in [-0.25, -0.2) is 4.79 Å². The number of hydrogen-bond donors (Lipinski definition) is 3. The Balaban J connectivity index is 2.01. The van der Waals surface area contributed by atoms with Crippen molar-refractivity contribution in [3.63, 3.8) is 0 Å². The summed E-state index contributed by atoms with van der Waals surface area (Å²) < 4.78 is 5.24. The van der Waals surface area contributed by atoms with Gasteiger partial charge in [0.05, 0.1) is 13.2 Å². The van der Waals surface area contributed by atoms with E-state index in [9.17, 15) is 14.4 Å². The topological polar surface area (TPSA) is 114 Å². The van der Waals surface area contributed by atoms with Crippen molar-refractivity contribution in [2.75, 3.05) is 19.7 Å². The highest BCUT2D eigenvalue weighted by Gasteiger charge is 2.61. The fraction of sp³-hybridized carbons (Fsp3) is 0.714. The van der Waals surface area contributed by atoms with Gasteiger partial charge >= 0.3 is 5.97 Å². The lowest BCUT2D eigenvalue weighted by Gasteiger charge is -2.26. The van der Waals surface area contributed by atoms with E-state index in [2.05, 4.69) is 23.6 Å². The molecule has 9 heteroatoms. The Hall–Kier alpha value is -2.16. The largest absolute Gasteiger partial charge is 0.464 e. The number of unbranched alkanes of at least 4 members (excludes halogenated alkanes) is 3. The van der Waals surface area contributed by atoms with Crippen molar-refractivity contribution < 1.29 is 19.1 Å². The molecule has 0 unspecified atom stereocenters. The van der Waals surface area contributed by atoms with Gasteiger partial charge in [-0.3, -0.25) is 9.59 Å². The number of carbonyl (C=O) groups excluding carboxylic acids is 3. The molecule has 1 aliphatic carbocycles. The second kappa shape index (κ2) is 11.3. The van der Waals surface area contributed by atoms with Crippen molar-refractivity contribution in [1.29, 1.82) is 0 Å². The van der Waals surface area contributed by atoms with Crippen LogP contribution in [0.3, 0.4) is 0 Å². The number of hydrogen-bond acceptors (Lipinski definition) is 5. The van der Waals surface area contributed by atoms with E-state index in [1.165, 1.54) is 11.3 Å². The summed E-state index contributed by atoms with van der Waals surface area (Å²) in [6.45, 7) is 4.59. The summed E-state index contributed by atoms with van der Waals surface area (Å²) >= 11 is 4.73. The minimum atomic E-state index is -1.03. The normalized spacial score (nSPS) is 25.2. The van der Waals surface area contributed by atoms with Crippen LogP contribution in [0.2, 0.25) is 0 Å². The fourth-order valence-corrected chi connectivity index (χ4v) is 3.96. The van der Waals surface area contributed by atoms with Gasteiger partial charge in [0.1, 0.15) is 11.6 Å². The Morgan fingerprint density at radius 3 is 2.73 bits per heavy atom. The summed E-state index contributed by atoms with van der Waals surface area (Å²) in [5.41, 5.74) is 4.36. The molecule has 168 valence electrons. The molecule has 2 rings (SSSR count). The standard InChI is InChI=1S/C21H34N4O4S/c1-3-5-6-7-8-10-15-13-21(15,19(28)29-4-2)24-18(27)16-11-9-12-25(16)17(26)14-23-20(22)30/h8,10,15-16H,3-7,9,11-14H2,1-2H3,(H,24,27)(H3,22,23,30)/b10-8-/t15-,16+,21-/m1/s1. The van der Waals surface area contributed by atoms with Gasteiger partial charge in [0.15, 0.2) is 5.11 Å². The number of nitrogens with two attached hydrogens (primary N) is 1. The fourth-order valence-electron chi connectivity index (χ4n) is 3.89. The van der Waals surface area contributed by atoms with Crippen LogP contribution >= 0.6 is 12.2 Å². The Morgan fingerprint density at radius 1 is 1.30 bits per heavy atom. The first-order chi connectivity index (χ1) is 14.4. The number of ether oxygens (including phenoxy) is 1. The van der Waals surface area contributed by atoms with E-state index >= 15 is 0 Å². The zero-order chi connectivity index (χ0) is 22.1. The summed E-state index contributed by atoms with van der Waals surface area (Å²) in [7, 11) is 0. The number of carbonyl (C=O) groups is 3. The number of nitrogens with one attached hydrogen (secondary N) is 2. The molecule has 0 radical (unpaired) electrons. The van der Waals surface area contributed by atoms with Crippen LogP contribution in [0.25, 0.3) is 0 Å². The van der Waals surface area contributed by atoms with Crippen LogP contribution in [0.15, 0.2) is 12.2 Å². The third-order valence-corrected chi connectivity index (χ3v) is 5.78. The number of thiocarbonyl (C=S) groups is 1. The van der Waals surface area contributed by atoms with Gasteiger partial charge in [0.25, 0.3) is 0 Å². The van der Waals surface area contributed by atoms with Gasteiger partial charge in [-0.2, -0.15) is 0 Å². The van der Waals surface area contributed by atoms with Gasteiger partial charge < -0.3 is 26.0 Å². The van der Waals surface area contributed by atoms with Gasteiger partial charge in [0.2, 0.25) is 11.8 Å². The molecule has 30 heavy (non-hydrogen) atoms. The van der Waals surface area contributed by atoms with Crippen LogP contribution in [0.1, 0.15) is 58.8 Å². The monoisotopic (exact) mass is 438 g/mol. The lowest BCUT2D eigenvalue weighted by atomic mass is 10.1. The number of allylic oxidation sites excluding steroid dienone is 1. The number of nitrogens with zero attached hydrogens (tertiary/aromatic N) is 1. The van der Waals surface area contributed by atoms with Crippen molar-refractivity contribution in [2.24, 2.45) is 11.7 Å². The SMILES string of the molecule is CCCCC/C=C\[C@@H]1C[C@]1(NC(=O)[C@@H]1CCCN1C(=O)CNC(N)=S)C(=O)OCC. The molecule has 1 saturated heterocycles. The van der Waals surface area contributed by atoms with E-state index in [0.717, 1.165) is 25.7 Å². The van der Waals surface area contributed by atoms with Crippen LogP contribution in [0, 0.1) is 5.92 Å². The molecule has 0 bridgehead atoms. The number of esters is 1. The molecule has 2 amide bonds. The molecule has 0 aromatic rings. The molecule has 3 atom stereocenters. The second-order valence-electron chi connectivity index (χ2n) is 7.88. The summed E-state index contributed by atoms with van der Waals surface area (Å²) in [5.74, 6) is -1.04. The van der Waals surface area contributed by atoms with Gasteiger partial charge in [-0.1, -0.05) is 31.9 Å². The molecule has 1 aliphatic heterocycles. The molecular weight excluding hydrogens is 404 g/mol. The van der Waals surface area contributed by atoms with E-state index in [0.29, 0.717) is 19.4 Å². The molecule has 2 aliphatic rings. The average Bonchev–Trinajstić information content (AvgIpc) is 3.17.